The fourth-order valence-corrected chi connectivity index (χ4v) is 8.71. The second kappa shape index (κ2) is 13.2. The van der Waals surface area contributed by atoms with E-state index in [9.17, 15) is 0 Å². The standard InChI is InChI=1S/C47H44N3OS/c1-9-16-42-38(10-2)48-46(52-42)32-22-24-34-35-23-21-30(7)43(45(35)51-41(34)27-32)47-49(8)39-19-14-15-20-40(39)50(47)44-36(28(3)4)25-33(26-37(44)29(5)6)31-17-12-11-13-18-31/h9-29H,2H2,1,3-8H3/q+1/b16-9-. The molecule has 3 aromatic heterocycles. The van der Waals surface area contributed by atoms with Gasteiger partial charge in [0.15, 0.2) is 16.6 Å². The number of benzene rings is 5. The monoisotopic (exact) mass is 698 g/mol. The largest absolute Gasteiger partial charge is 0.455 e. The lowest BCUT2D eigenvalue weighted by atomic mass is 9.88. The molecular formula is C47H44N3OS+. The van der Waals surface area contributed by atoms with Gasteiger partial charge in [-0.2, -0.15) is 4.57 Å². The van der Waals surface area contributed by atoms with Crippen molar-refractivity contribution in [3.63, 3.8) is 0 Å². The number of aryl methyl sites for hydroxylation is 2. The second-order valence-electron chi connectivity index (χ2n) is 14.3. The third-order valence-corrected chi connectivity index (χ3v) is 11.4. The maximum Gasteiger partial charge on any atom is 0.299 e. The molecule has 3 heterocycles. The summed E-state index contributed by atoms with van der Waals surface area (Å²) in [5, 5.41) is 3.15. The number of thiazole rings is 1. The predicted molar refractivity (Wildman–Crippen MR) is 221 cm³/mol. The van der Waals surface area contributed by atoms with E-state index < -0.39 is 0 Å². The van der Waals surface area contributed by atoms with E-state index in [1.54, 1.807) is 11.3 Å². The summed E-state index contributed by atoms with van der Waals surface area (Å²) in [5.41, 5.74) is 14.7. The van der Waals surface area contributed by atoms with Gasteiger partial charge in [-0.1, -0.05) is 101 Å². The molecule has 0 saturated carbocycles. The first-order valence-corrected chi connectivity index (χ1v) is 19.0. The summed E-state index contributed by atoms with van der Waals surface area (Å²) in [7, 11) is 2.19. The Kier molecular flexibility index (Phi) is 8.55. The molecule has 8 aromatic rings. The van der Waals surface area contributed by atoms with Crippen LogP contribution in [0.4, 0.5) is 0 Å². The average molecular weight is 699 g/mol. The SMILES string of the molecule is C=Cc1nc(-c2ccc3c(c2)oc2c(-c4n(-c5c(C(C)C)cc(-c6ccccc6)cc5C(C)C)c5ccccc5[n+]4C)c(C)ccc23)sc1/C=C\C. The molecule has 4 nitrogen and oxygen atoms in total. The molecule has 0 atom stereocenters. The Bertz CT molecular complexity index is 2650. The van der Waals surface area contributed by atoms with E-state index in [0.717, 1.165) is 60.0 Å². The summed E-state index contributed by atoms with van der Waals surface area (Å²) in [6, 6.07) is 35.3. The number of para-hydroxylation sites is 2. The van der Waals surface area contributed by atoms with E-state index in [1.165, 1.54) is 39.0 Å². The maximum absolute atomic E-state index is 6.98. The van der Waals surface area contributed by atoms with Crippen molar-refractivity contribution in [2.75, 3.05) is 0 Å². The van der Waals surface area contributed by atoms with Crippen LogP contribution in [0.5, 0.6) is 0 Å². The molecule has 0 saturated heterocycles. The van der Waals surface area contributed by atoms with Gasteiger partial charge in [0.25, 0.3) is 5.82 Å². The average Bonchev–Trinajstić information content (AvgIpc) is 3.82. The molecule has 0 amide bonds. The lowest BCUT2D eigenvalue weighted by molar-refractivity contribution is -0.633. The van der Waals surface area contributed by atoms with E-state index >= 15 is 0 Å². The smallest absolute Gasteiger partial charge is 0.299 e. The molecule has 5 aromatic carbocycles. The first-order chi connectivity index (χ1) is 25.2. The molecule has 0 bridgehead atoms. The first-order valence-electron chi connectivity index (χ1n) is 18.2. The van der Waals surface area contributed by atoms with Crippen LogP contribution in [0.2, 0.25) is 0 Å². The number of aromatic nitrogens is 3. The molecular weight excluding hydrogens is 655 g/mol. The normalized spacial score (nSPS) is 12.1. The summed E-state index contributed by atoms with van der Waals surface area (Å²) >= 11 is 1.67. The van der Waals surface area contributed by atoms with Crippen molar-refractivity contribution in [1.82, 2.24) is 9.55 Å². The van der Waals surface area contributed by atoms with Crippen LogP contribution >= 0.6 is 11.3 Å². The number of hydrogen-bond acceptors (Lipinski definition) is 3. The van der Waals surface area contributed by atoms with Crippen molar-refractivity contribution < 1.29 is 8.98 Å². The van der Waals surface area contributed by atoms with Gasteiger partial charge in [-0.25, -0.2) is 9.55 Å². The van der Waals surface area contributed by atoms with E-state index in [-0.39, 0.29) is 11.8 Å². The molecule has 0 aliphatic heterocycles. The van der Waals surface area contributed by atoms with E-state index in [2.05, 4.69) is 161 Å². The molecule has 258 valence electrons. The molecule has 5 heteroatoms. The topological polar surface area (TPSA) is 34.8 Å². The minimum absolute atomic E-state index is 0.290. The third kappa shape index (κ3) is 5.43. The Labute approximate surface area is 310 Å². The van der Waals surface area contributed by atoms with Crippen LogP contribution in [0.3, 0.4) is 0 Å². The first kappa shape index (κ1) is 33.6. The van der Waals surface area contributed by atoms with E-state index in [0.29, 0.717) is 0 Å². The maximum atomic E-state index is 6.98. The number of allylic oxidation sites excluding steroid dienone is 1. The highest BCUT2D eigenvalue weighted by molar-refractivity contribution is 7.16. The molecule has 0 radical (unpaired) electrons. The Morgan fingerprint density at radius 1 is 0.808 bits per heavy atom. The fraction of sp³-hybridized carbons (Fsp3) is 0.191. The highest BCUT2D eigenvalue weighted by atomic mass is 32.1. The predicted octanol–water partition coefficient (Wildman–Crippen LogP) is 13.0. The molecule has 0 fully saturated rings. The third-order valence-electron chi connectivity index (χ3n) is 10.3. The Morgan fingerprint density at radius 2 is 1.50 bits per heavy atom. The fourth-order valence-electron chi connectivity index (χ4n) is 7.67. The number of imidazole rings is 1. The summed E-state index contributed by atoms with van der Waals surface area (Å²) < 4.78 is 11.9. The van der Waals surface area contributed by atoms with Gasteiger partial charge >= 0.3 is 0 Å². The summed E-state index contributed by atoms with van der Waals surface area (Å²) in [5.74, 6) is 1.68. The molecule has 52 heavy (non-hydrogen) atoms. The zero-order chi connectivity index (χ0) is 36.3. The van der Waals surface area contributed by atoms with Gasteiger partial charge in [0, 0.05) is 27.5 Å². The molecule has 0 spiro atoms. The van der Waals surface area contributed by atoms with Crippen molar-refractivity contribution in [3.05, 3.63) is 137 Å². The van der Waals surface area contributed by atoms with Crippen LogP contribution in [0.15, 0.2) is 114 Å². The van der Waals surface area contributed by atoms with Crippen LogP contribution < -0.4 is 4.57 Å². The Morgan fingerprint density at radius 3 is 2.19 bits per heavy atom. The van der Waals surface area contributed by atoms with Gasteiger partial charge in [-0.05, 0) is 90.9 Å². The number of fused-ring (bicyclic) bond motifs is 4. The van der Waals surface area contributed by atoms with Crippen LogP contribution in [-0.2, 0) is 7.05 Å². The van der Waals surface area contributed by atoms with Crippen LogP contribution in [0.1, 0.15) is 73.7 Å². The number of furan rings is 1. The van der Waals surface area contributed by atoms with Crippen LogP contribution in [-0.4, -0.2) is 9.55 Å². The van der Waals surface area contributed by atoms with E-state index in [4.69, 9.17) is 9.40 Å². The van der Waals surface area contributed by atoms with Gasteiger partial charge in [-0.3, -0.25) is 0 Å². The lowest BCUT2D eigenvalue weighted by Gasteiger charge is -2.21. The zero-order valence-corrected chi connectivity index (χ0v) is 31.8. The minimum atomic E-state index is 0.290. The highest BCUT2D eigenvalue weighted by Crippen LogP contribution is 2.44. The van der Waals surface area contributed by atoms with Gasteiger partial charge in [0.1, 0.15) is 21.8 Å². The van der Waals surface area contributed by atoms with Crippen molar-refractivity contribution in [3.8, 4) is 38.8 Å². The molecule has 0 aliphatic rings. The van der Waals surface area contributed by atoms with Crippen molar-refractivity contribution in [1.29, 1.82) is 0 Å². The Balaban J connectivity index is 1.43. The van der Waals surface area contributed by atoms with Crippen molar-refractivity contribution >= 4 is 56.5 Å². The van der Waals surface area contributed by atoms with Crippen LogP contribution in [0.25, 0.3) is 83.9 Å². The molecule has 8 rings (SSSR count). The van der Waals surface area contributed by atoms with Crippen LogP contribution in [0, 0.1) is 6.92 Å². The number of nitrogens with zero attached hydrogens (tertiary/aromatic N) is 3. The second-order valence-corrected chi connectivity index (χ2v) is 15.3. The summed E-state index contributed by atoms with van der Waals surface area (Å²) in [6.07, 6.45) is 5.96. The highest BCUT2D eigenvalue weighted by Gasteiger charge is 2.34. The summed E-state index contributed by atoms with van der Waals surface area (Å²) in [6.45, 7) is 17.5. The quantitative estimate of drug-likeness (QED) is 0.148. The van der Waals surface area contributed by atoms with Gasteiger partial charge in [0.05, 0.1) is 17.6 Å². The molecule has 0 aliphatic carbocycles. The van der Waals surface area contributed by atoms with Gasteiger partial charge in [-0.15, -0.1) is 11.3 Å². The molecule has 0 unspecified atom stereocenters. The summed E-state index contributed by atoms with van der Waals surface area (Å²) in [4.78, 5) is 6.02. The lowest BCUT2D eigenvalue weighted by Crippen LogP contribution is -2.30. The van der Waals surface area contributed by atoms with E-state index in [1.807, 2.05) is 19.1 Å². The number of rotatable bonds is 8. The van der Waals surface area contributed by atoms with Gasteiger partial charge in [0.2, 0.25) is 0 Å². The number of hydrogen-bond donors (Lipinski definition) is 0. The molecule has 0 N–H and O–H groups in total. The minimum Gasteiger partial charge on any atom is -0.455 e. The van der Waals surface area contributed by atoms with Crippen molar-refractivity contribution in [2.24, 2.45) is 7.05 Å². The Hall–Kier alpha value is -5.52. The van der Waals surface area contributed by atoms with Crippen molar-refractivity contribution in [2.45, 2.75) is 53.4 Å². The zero-order valence-electron chi connectivity index (χ0n) is 31.0. The van der Waals surface area contributed by atoms with Gasteiger partial charge < -0.3 is 4.42 Å².